The SMILES string of the molecule is CN(CC/C=C/c1cnc(N)c([N+](=O)[O-])c1)C(=O)c1ccccc1. The molecule has 0 saturated heterocycles. The van der Waals surface area contributed by atoms with Gasteiger partial charge in [-0.1, -0.05) is 30.4 Å². The highest BCUT2D eigenvalue weighted by Gasteiger charge is 2.12. The number of benzene rings is 1. The molecule has 0 unspecified atom stereocenters. The largest absolute Gasteiger partial charge is 0.378 e. The number of hydrogen-bond donors (Lipinski definition) is 1. The van der Waals surface area contributed by atoms with E-state index < -0.39 is 4.92 Å². The molecule has 0 fully saturated rings. The zero-order valence-corrected chi connectivity index (χ0v) is 13.3. The van der Waals surface area contributed by atoms with Gasteiger partial charge < -0.3 is 10.6 Å². The van der Waals surface area contributed by atoms with Gasteiger partial charge in [0, 0.05) is 31.4 Å². The average molecular weight is 326 g/mol. The Morgan fingerprint density at radius 3 is 2.75 bits per heavy atom. The maximum Gasteiger partial charge on any atom is 0.311 e. The van der Waals surface area contributed by atoms with Crippen molar-refractivity contribution in [1.29, 1.82) is 0 Å². The van der Waals surface area contributed by atoms with Crippen molar-refractivity contribution in [3.05, 3.63) is 69.9 Å². The summed E-state index contributed by atoms with van der Waals surface area (Å²) in [7, 11) is 1.73. The molecule has 1 aromatic carbocycles. The van der Waals surface area contributed by atoms with E-state index in [1.807, 2.05) is 24.3 Å². The Balaban J connectivity index is 1.92. The van der Waals surface area contributed by atoms with Crippen molar-refractivity contribution in [3.8, 4) is 0 Å². The van der Waals surface area contributed by atoms with Crippen molar-refractivity contribution in [3.63, 3.8) is 0 Å². The minimum atomic E-state index is -0.564. The quantitative estimate of drug-likeness (QED) is 0.649. The molecule has 124 valence electrons. The van der Waals surface area contributed by atoms with E-state index in [9.17, 15) is 14.9 Å². The van der Waals surface area contributed by atoms with Crippen LogP contribution in [0.15, 0.2) is 48.7 Å². The number of aromatic nitrogens is 1. The van der Waals surface area contributed by atoms with Gasteiger partial charge in [-0.05, 0) is 24.1 Å². The van der Waals surface area contributed by atoms with Crippen LogP contribution in [0.1, 0.15) is 22.3 Å². The van der Waals surface area contributed by atoms with Crippen LogP contribution in [0, 0.1) is 10.1 Å². The lowest BCUT2D eigenvalue weighted by Gasteiger charge is -2.16. The molecule has 1 aromatic heterocycles. The number of amides is 1. The molecule has 24 heavy (non-hydrogen) atoms. The molecule has 2 N–H and O–H groups in total. The van der Waals surface area contributed by atoms with Crippen LogP contribution in [-0.4, -0.2) is 34.3 Å². The predicted molar refractivity (Wildman–Crippen MR) is 92.4 cm³/mol. The summed E-state index contributed by atoms with van der Waals surface area (Å²) < 4.78 is 0. The lowest BCUT2D eigenvalue weighted by Crippen LogP contribution is -2.27. The lowest BCUT2D eigenvalue weighted by molar-refractivity contribution is -0.384. The second-order valence-corrected chi connectivity index (χ2v) is 5.21. The maximum atomic E-state index is 12.2. The molecule has 0 atom stereocenters. The topological polar surface area (TPSA) is 102 Å². The summed E-state index contributed by atoms with van der Waals surface area (Å²) in [4.78, 5) is 27.9. The molecule has 2 aromatic rings. The van der Waals surface area contributed by atoms with Crippen LogP contribution in [-0.2, 0) is 0 Å². The summed E-state index contributed by atoms with van der Waals surface area (Å²) in [6.07, 6.45) is 5.65. The third-order valence-electron chi connectivity index (χ3n) is 3.42. The number of nitrogen functional groups attached to an aromatic ring is 1. The summed E-state index contributed by atoms with van der Waals surface area (Å²) in [5, 5.41) is 10.8. The molecular formula is C17H18N4O3. The van der Waals surface area contributed by atoms with E-state index in [1.165, 1.54) is 12.3 Å². The van der Waals surface area contributed by atoms with Crippen LogP contribution < -0.4 is 5.73 Å². The van der Waals surface area contributed by atoms with E-state index in [0.29, 0.717) is 24.1 Å². The van der Waals surface area contributed by atoms with Crippen molar-refractivity contribution in [2.24, 2.45) is 0 Å². The van der Waals surface area contributed by atoms with Gasteiger partial charge >= 0.3 is 5.69 Å². The highest BCUT2D eigenvalue weighted by molar-refractivity contribution is 5.93. The third-order valence-corrected chi connectivity index (χ3v) is 3.42. The van der Waals surface area contributed by atoms with Gasteiger partial charge in [0.25, 0.3) is 5.91 Å². The number of rotatable bonds is 6. The number of nitrogens with two attached hydrogens (primary N) is 1. The van der Waals surface area contributed by atoms with E-state index in [-0.39, 0.29) is 17.4 Å². The van der Waals surface area contributed by atoms with Crippen LogP contribution in [0.25, 0.3) is 6.08 Å². The fraction of sp³-hybridized carbons (Fsp3) is 0.176. The summed E-state index contributed by atoms with van der Waals surface area (Å²) in [5.41, 5.74) is 6.47. The molecule has 0 aliphatic carbocycles. The summed E-state index contributed by atoms with van der Waals surface area (Å²) in [6.45, 7) is 0.536. The van der Waals surface area contributed by atoms with Gasteiger partial charge in [-0.15, -0.1) is 0 Å². The van der Waals surface area contributed by atoms with Crippen molar-refractivity contribution >= 4 is 23.5 Å². The summed E-state index contributed by atoms with van der Waals surface area (Å²) in [6, 6.07) is 10.4. The molecule has 1 heterocycles. The minimum absolute atomic E-state index is 0.0474. The lowest BCUT2D eigenvalue weighted by atomic mass is 10.2. The second kappa shape index (κ2) is 7.87. The zero-order chi connectivity index (χ0) is 17.5. The van der Waals surface area contributed by atoms with Gasteiger partial charge in [-0.25, -0.2) is 4.98 Å². The van der Waals surface area contributed by atoms with Crippen LogP contribution >= 0.6 is 0 Å². The van der Waals surface area contributed by atoms with Crippen molar-refractivity contribution in [2.45, 2.75) is 6.42 Å². The van der Waals surface area contributed by atoms with E-state index in [4.69, 9.17) is 5.73 Å². The van der Waals surface area contributed by atoms with E-state index in [0.717, 1.165) is 0 Å². The molecule has 0 aliphatic rings. The molecule has 1 amide bonds. The van der Waals surface area contributed by atoms with Gasteiger partial charge in [0.2, 0.25) is 5.82 Å². The molecule has 0 radical (unpaired) electrons. The molecule has 0 saturated carbocycles. The fourth-order valence-electron chi connectivity index (χ4n) is 2.11. The smallest absolute Gasteiger partial charge is 0.311 e. The Morgan fingerprint density at radius 2 is 2.08 bits per heavy atom. The van der Waals surface area contributed by atoms with Gasteiger partial charge in [0.1, 0.15) is 0 Å². The first kappa shape index (κ1) is 17.1. The van der Waals surface area contributed by atoms with Gasteiger partial charge in [-0.3, -0.25) is 14.9 Å². The Kier molecular flexibility index (Phi) is 5.62. The fourth-order valence-corrected chi connectivity index (χ4v) is 2.11. The minimum Gasteiger partial charge on any atom is -0.378 e. The summed E-state index contributed by atoms with van der Waals surface area (Å²) in [5.74, 6) is -0.154. The number of nitro groups is 1. The van der Waals surface area contributed by atoms with Crippen molar-refractivity contribution in [2.75, 3.05) is 19.3 Å². The number of pyridine rings is 1. The zero-order valence-electron chi connectivity index (χ0n) is 13.3. The van der Waals surface area contributed by atoms with E-state index in [1.54, 1.807) is 30.2 Å². The second-order valence-electron chi connectivity index (χ2n) is 5.21. The Labute approximate surface area is 139 Å². The van der Waals surface area contributed by atoms with Crippen LogP contribution in [0.5, 0.6) is 0 Å². The third kappa shape index (κ3) is 4.39. The monoisotopic (exact) mass is 326 g/mol. The van der Waals surface area contributed by atoms with Gasteiger partial charge in [0.05, 0.1) is 4.92 Å². The van der Waals surface area contributed by atoms with Gasteiger partial charge in [0.15, 0.2) is 0 Å². The maximum absolute atomic E-state index is 12.2. The molecule has 0 bridgehead atoms. The van der Waals surface area contributed by atoms with E-state index in [2.05, 4.69) is 4.98 Å². The first-order valence-electron chi connectivity index (χ1n) is 7.36. The number of anilines is 1. The van der Waals surface area contributed by atoms with Crippen LogP contribution in [0.2, 0.25) is 0 Å². The van der Waals surface area contributed by atoms with Crippen LogP contribution in [0.4, 0.5) is 11.5 Å². The molecule has 0 aliphatic heterocycles. The number of carbonyl (C=O) groups excluding carboxylic acids is 1. The normalized spacial score (nSPS) is 10.7. The molecule has 7 heteroatoms. The average Bonchev–Trinajstić information content (AvgIpc) is 2.59. The highest BCUT2D eigenvalue weighted by atomic mass is 16.6. The molecular weight excluding hydrogens is 308 g/mol. The standard InChI is InChI=1S/C17H18N4O3/c1-20(17(22)14-8-3-2-4-9-14)10-6-5-7-13-11-15(21(23)24)16(18)19-12-13/h2-5,7-9,11-12H,6,10H2,1H3,(H2,18,19)/b7-5+. The number of carbonyl (C=O) groups is 1. The Morgan fingerprint density at radius 1 is 1.38 bits per heavy atom. The van der Waals surface area contributed by atoms with Crippen molar-refractivity contribution in [1.82, 2.24) is 9.88 Å². The predicted octanol–water partition coefficient (Wildman–Crippen LogP) is 2.75. The number of nitrogens with zero attached hydrogens (tertiary/aromatic N) is 3. The van der Waals surface area contributed by atoms with E-state index >= 15 is 0 Å². The molecule has 7 nitrogen and oxygen atoms in total. The molecule has 0 spiro atoms. The first-order chi connectivity index (χ1) is 11.5. The van der Waals surface area contributed by atoms with Crippen LogP contribution in [0.3, 0.4) is 0 Å². The first-order valence-corrected chi connectivity index (χ1v) is 7.36. The molecule has 2 rings (SSSR count). The summed E-state index contributed by atoms with van der Waals surface area (Å²) >= 11 is 0. The Bertz CT molecular complexity index is 760. The number of hydrogen-bond acceptors (Lipinski definition) is 5. The van der Waals surface area contributed by atoms with Crippen molar-refractivity contribution < 1.29 is 9.72 Å². The Hall–Kier alpha value is -3.22. The van der Waals surface area contributed by atoms with Gasteiger partial charge in [-0.2, -0.15) is 0 Å². The highest BCUT2D eigenvalue weighted by Crippen LogP contribution is 2.20.